The van der Waals surface area contributed by atoms with Gasteiger partial charge in [0, 0.05) is 17.0 Å². The lowest BCUT2D eigenvalue weighted by Gasteiger charge is -2.27. The molecule has 3 aromatic rings. The van der Waals surface area contributed by atoms with Crippen molar-refractivity contribution in [3.05, 3.63) is 82.9 Å². The molecule has 0 aromatic heterocycles. The summed E-state index contributed by atoms with van der Waals surface area (Å²) in [6.45, 7) is 3.84. The van der Waals surface area contributed by atoms with Gasteiger partial charge in [-0.25, -0.2) is 17.6 Å². The molecule has 1 aliphatic heterocycles. The highest BCUT2D eigenvalue weighted by atomic mass is 19.2. The SMILES string of the molecule is Cc1ccc(-c2ccc(-c3ccc(C4CCC(C)OC4)c(F)c3F)cc2)c(F)c1F. The van der Waals surface area contributed by atoms with Gasteiger partial charge in [-0.3, -0.25) is 0 Å². The van der Waals surface area contributed by atoms with Gasteiger partial charge in [0.1, 0.15) is 0 Å². The summed E-state index contributed by atoms with van der Waals surface area (Å²) in [6, 6.07) is 12.5. The Morgan fingerprint density at radius 2 is 1.27 bits per heavy atom. The van der Waals surface area contributed by atoms with Crippen molar-refractivity contribution in [1.82, 2.24) is 0 Å². The number of ether oxygens (including phenoxy) is 1. The first kappa shape index (κ1) is 20.6. The van der Waals surface area contributed by atoms with Crippen LogP contribution in [0.15, 0.2) is 48.5 Å². The minimum absolute atomic E-state index is 0.123. The Labute approximate surface area is 173 Å². The van der Waals surface area contributed by atoms with Gasteiger partial charge in [-0.15, -0.1) is 0 Å². The third-order valence-electron chi connectivity index (χ3n) is 5.84. The number of aryl methyl sites for hydroxylation is 1. The van der Waals surface area contributed by atoms with Crippen molar-refractivity contribution < 1.29 is 22.3 Å². The van der Waals surface area contributed by atoms with Gasteiger partial charge >= 0.3 is 0 Å². The summed E-state index contributed by atoms with van der Waals surface area (Å²) in [7, 11) is 0. The molecule has 1 heterocycles. The Balaban J connectivity index is 1.63. The fourth-order valence-corrected chi connectivity index (χ4v) is 3.93. The molecule has 0 aliphatic carbocycles. The van der Waals surface area contributed by atoms with Crippen LogP contribution in [0.5, 0.6) is 0 Å². The molecule has 4 rings (SSSR count). The van der Waals surface area contributed by atoms with Crippen LogP contribution in [-0.4, -0.2) is 12.7 Å². The lowest BCUT2D eigenvalue weighted by atomic mass is 9.89. The molecule has 2 atom stereocenters. The van der Waals surface area contributed by atoms with E-state index in [2.05, 4.69) is 0 Å². The highest BCUT2D eigenvalue weighted by molar-refractivity contribution is 5.71. The summed E-state index contributed by atoms with van der Waals surface area (Å²) in [6.07, 6.45) is 1.70. The molecule has 3 aromatic carbocycles. The van der Waals surface area contributed by atoms with Gasteiger partial charge in [-0.2, -0.15) is 0 Å². The molecule has 1 fully saturated rings. The monoisotopic (exact) mass is 414 g/mol. The molecule has 0 N–H and O–H groups in total. The fraction of sp³-hybridized carbons (Fsp3) is 0.280. The third-order valence-corrected chi connectivity index (χ3v) is 5.84. The second-order valence-electron chi connectivity index (χ2n) is 7.88. The molecule has 30 heavy (non-hydrogen) atoms. The van der Waals surface area contributed by atoms with E-state index in [4.69, 9.17) is 4.74 Å². The summed E-state index contributed by atoms with van der Waals surface area (Å²) >= 11 is 0. The van der Waals surface area contributed by atoms with Gasteiger partial charge in [0.25, 0.3) is 0 Å². The van der Waals surface area contributed by atoms with Crippen molar-refractivity contribution in [2.75, 3.05) is 6.61 Å². The number of hydrogen-bond donors (Lipinski definition) is 0. The van der Waals surface area contributed by atoms with Crippen molar-refractivity contribution in [2.45, 2.75) is 38.7 Å². The van der Waals surface area contributed by atoms with Gasteiger partial charge < -0.3 is 4.74 Å². The predicted octanol–water partition coefficient (Wildman–Crippen LogP) is 7.17. The maximum absolute atomic E-state index is 14.8. The minimum Gasteiger partial charge on any atom is -0.378 e. The highest BCUT2D eigenvalue weighted by Crippen LogP contribution is 2.35. The Kier molecular flexibility index (Phi) is 5.65. The molecule has 0 radical (unpaired) electrons. The summed E-state index contributed by atoms with van der Waals surface area (Å²) in [5.74, 6) is -3.74. The third kappa shape index (κ3) is 3.74. The van der Waals surface area contributed by atoms with Crippen LogP contribution in [0.25, 0.3) is 22.3 Å². The van der Waals surface area contributed by atoms with Crippen molar-refractivity contribution in [3.63, 3.8) is 0 Å². The molecule has 0 bridgehead atoms. The van der Waals surface area contributed by atoms with Gasteiger partial charge in [-0.05, 0) is 48.9 Å². The summed E-state index contributed by atoms with van der Waals surface area (Å²) in [5, 5.41) is 0. The van der Waals surface area contributed by atoms with E-state index < -0.39 is 23.3 Å². The van der Waals surface area contributed by atoms with Crippen LogP contribution in [0.4, 0.5) is 17.6 Å². The van der Waals surface area contributed by atoms with Crippen LogP contribution < -0.4 is 0 Å². The molecule has 1 aliphatic rings. The molecule has 0 saturated carbocycles. The summed E-state index contributed by atoms with van der Waals surface area (Å²) in [4.78, 5) is 0. The van der Waals surface area contributed by atoms with Crippen LogP contribution in [0.3, 0.4) is 0 Å². The molecular weight excluding hydrogens is 392 g/mol. The smallest absolute Gasteiger partial charge is 0.166 e. The zero-order valence-corrected chi connectivity index (χ0v) is 16.8. The Hall–Kier alpha value is -2.66. The maximum atomic E-state index is 14.8. The molecule has 0 spiro atoms. The van der Waals surface area contributed by atoms with E-state index in [9.17, 15) is 17.6 Å². The normalized spacial score (nSPS) is 19.1. The molecule has 1 saturated heterocycles. The average Bonchev–Trinajstić information content (AvgIpc) is 2.75. The predicted molar refractivity (Wildman–Crippen MR) is 109 cm³/mol. The Morgan fingerprint density at radius 3 is 1.83 bits per heavy atom. The van der Waals surface area contributed by atoms with Gasteiger partial charge in [-0.1, -0.05) is 48.5 Å². The highest BCUT2D eigenvalue weighted by Gasteiger charge is 2.25. The lowest BCUT2D eigenvalue weighted by Crippen LogP contribution is -2.23. The average molecular weight is 414 g/mol. The van der Waals surface area contributed by atoms with E-state index in [0.29, 0.717) is 23.3 Å². The van der Waals surface area contributed by atoms with Crippen molar-refractivity contribution in [3.8, 4) is 22.3 Å². The van der Waals surface area contributed by atoms with Crippen LogP contribution in [-0.2, 0) is 4.74 Å². The molecule has 1 nitrogen and oxygen atoms in total. The van der Waals surface area contributed by atoms with Gasteiger partial charge in [0.05, 0.1) is 12.7 Å². The number of rotatable bonds is 3. The molecule has 2 unspecified atom stereocenters. The molecule has 156 valence electrons. The zero-order valence-electron chi connectivity index (χ0n) is 16.8. The molecule has 0 amide bonds. The maximum Gasteiger partial charge on any atom is 0.166 e. The Bertz CT molecular complexity index is 1070. The second kappa shape index (κ2) is 8.23. The summed E-state index contributed by atoms with van der Waals surface area (Å²) in [5.41, 5.74) is 1.73. The first-order valence-corrected chi connectivity index (χ1v) is 10.0. The topological polar surface area (TPSA) is 9.23 Å². The fourth-order valence-electron chi connectivity index (χ4n) is 3.93. The summed E-state index contributed by atoms with van der Waals surface area (Å²) < 4.78 is 63.3. The van der Waals surface area contributed by atoms with E-state index in [1.165, 1.54) is 19.1 Å². The first-order chi connectivity index (χ1) is 14.4. The second-order valence-corrected chi connectivity index (χ2v) is 7.88. The van der Waals surface area contributed by atoms with Crippen LogP contribution >= 0.6 is 0 Å². The van der Waals surface area contributed by atoms with Crippen LogP contribution in [0.2, 0.25) is 0 Å². The van der Waals surface area contributed by atoms with Crippen molar-refractivity contribution in [2.24, 2.45) is 0 Å². The number of hydrogen-bond acceptors (Lipinski definition) is 1. The van der Waals surface area contributed by atoms with Crippen LogP contribution in [0.1, 0.15) is 36.8 Å². The van der Waals surface area contributed by atoms with E-state index in [1.54, 1.807) is 36.4 Å². The van der Waals surface area contributed by atoms with E-state index in [-0.39, 0.29) is 28.7 Å². The first-order valence-electron chi connectivity index (χ1n) is 10.0. The zero-order chi connectivity index (χ0) is 21.4. The van der Waals surface area contributed by atoms with Crippen LogP contribution in [0, 0.1) is 30.2 Å². The molecular formula is C25H22F4O. The number of benzene rings is 3. The van der Waals surface area contributed by atoms with Gasteiger partial charge in [0.2, 0.25) is 0 Å². The number of halogens is 4. The van der Waals surface area contributed by atoms with Crippen molar-refractivity contribution in [1.29, 1.82) is 0 Å². The quantitative estimate of drug-likeness (QED) is 0.413. The van der Waals surface area contributed by atoms with E-state index in [0.717, 1.165) is 12.8 Å². The molecule has 5 heteroatoms. The van der Waals surface area contributed by atoms with Gasteiger partial charge in [0.15, 0.2) is 23.3 Å². The lowest BCUT2D eigenvalue weighted by molar-refractivity contribution is 0.0147. The largest absolute Gasteiger partial charge is 0.378 e. The van der Waals surface area contributed by atoms with E-state index in [1.807, 2.05) is 6.92 Å². The Morgan fingerprint density at radius 1 is 0.700 bits per heavy atom. The standard InChI is InChI=1S/C25H22F4O/c1-14-3-10-19(23(27)22(14)26)16-6-8-17(9-7-16)20-11-12-21(25(29)24(20)28)18-5-4-15(2)30-13-18/h3,6-12,15,18H,4-5,13H2,1-2H3. The minimum atomic E-state index is -0.923. The van der Waals surface area contributed by atoms with Crippen molar-refractivity contribution >= 4 is 0 Å². The van der Waals surface area contributed by atoms with E-state index >= 15 is 0 Å².